The fourth-order valence-corrected chi connectivity index (χ4v) is 3.54. The number of β-amino-alcohol motifs (C(OH)–C–C–N with tert-alkyl or cyclic N) is 1. The molecule has 1 saturated heterocycles. The molecule has 0 bridgehead atoms. The van der Waals surface area contributed by atoms with Crippen molar-refractivity contribution < 1.29 is 14.6 Å². The standard InChI is InChI=1S/C20H21Cl2NO3/c21-16-5-1-4-15(10-16)11-19(24)23-9-3-8-20(25,13-23)14-26-18-7-2-6-17(22)12-18/h1-2,4-7,10,12,25H,3,8-9,11,13-14H2. The van der Waals surface area contributed by atoms with Crippen LogP contribution in [-0.4, -0.2) is 41.2 Å². The van der Waals surface area contributed by atoms with Crippen molar-refractivity contribution in [2.75, 3.05) is 19.7 Å². The van der Waals surface area contributed by atoms with Crippen molar-refractivity contribution in [1.82, 2.24) is 4.90 Å². The van der Waals surface area contributed by atoms with Gasteiger partial charge in [-0.2, -0.15) is 0 Å². The lowest BCUT2D eigenvalue weighted by Crippen LogP contribution is -2.53. The van der Waals surface area contributed by atoms with Crippen molar-refractivity contribution in [2.24, 2.45) is 0 Å². The molecule has 0 spiro atoms. The summed E-state index contributed by atoms with van der Waals surface area (Å²) in [6.45, 7) is 1.01. The highest BCUT2D eigenvalue weighted by Crippen LogP contribution is 2.25. The monoisotopic (exact) mass is 393 g/mol. The lowest BCUT2D eigenvalue weighted by atomic mass is 9.93. The number of amides is 1. The Morgan fingerprint density at radius 3 is 2.62 bits per heavy atom. The molecule has 2 aromatic rings. The molecule has 1 aliphatic heterocycles. The number of carbonyl (C=O) groups excluding carboxylic acids is 1. The molecular weight excluding hydrogens is 373 g/mol. The van der Waals surface area contributed by atoms with Gasteiger partial charge in [0.05, 0.1) is 13.0 Å². The minimum absolute atomic E-state index is 0.0202. The number of hydrogen-bond donors (Lipinski definition) is 1. The van der Waals surface area contributed by atoms with E-state index in [-0.39, 0.29) is 25.5 Å². The first kappa shape index (κ1) is 19.0. The second kappa shape index (κ2) is 8.30. The summed E-state index contributed by atoms with van der Waals surface area (Å²) < 4.78 is 5.70. The number of halogens is 2. The molecule has 0 radical (unpaired) electrons. The van der Waals surface area contributed by atoms with Gasteiger partial charge in [-0.15, -0.1) is 0 Å². The van der Waals surface area contributed by atoms with E-state index in [1.807, 2.05) is 12.1 Å². The molecule has 3 rings (SSSR count). The second-order valence-corrected chi connectivity index (χ2v) is 7.57. The molecule has 1 N–H and O–H groups in total. The van der Waals surface area contributed by atoms with Crippen LogP contribution in [0.1, 0.15) is 18.4 Å². The van der Waals surface area contributed by atoms with E-state index in [0.29, 0.717) is 28.8 Å². The maximum Gasteiger partial charge on any atom is 0.227 e. The van der Waals surface area contributed by atoms with Gasteiger partial charge in [0.25, 0.3) is 0 Å². The molecule has 2 aromatic carbocycles. The van der Waals surface area contributed by atoms with Crippen LogP contribution in [0.25, 0.3) is 0 Å². The summed E-state index contributed by atoms with van der Waals surface area (Å²) in [6.07, 6.45) is 1.59. The molecule has 1 fully saturated rings. The van der Waals surface area contributed by atoms with Gasteiger partial charge in [-0.05, 0) is 48.7 Å². The normalized spacial score (nSPS) is 20.0. The Labute approximate surface area is 163 Å². The third-order valence-corrected chi connectivity index (χ3v) is 4.93. The van der Waals surface area contributed by atoms with E-state index in [2.05, 4.69) is 0 Å². The lowest BCUT2D eigenvalue weighted by Gasteiger charge is -2.39. The average molecular weight is 394 g/mol. The van der Waals surface area contributed by atoms with Crippen LogP contribution in [0.2, 0.25) is 10.0 Å². The zero-order valence-electron chi connectivity index (χ0n) is 14.3. The predicted octanol–water partition coefficient (Wildman–Crippen LogP) is 3.97. The summed E-state index contributed by atoms with van der Waals surface area (Å²) >= 11 is 11.9. The third-order valence-electron chi connectivity index (χ3n) is 4.46. The van der Waals surface area contributed by atoms with Gasteiger partial charge >= 0.3 is 0 Å². The molecule has 1 atom stereocenters. The fraction of sp³-hybridized carbons (Fsp3) is 0.350. The van der Waals surface area contributed by atoms with Gasteiger partial charge in [-0.25, -0.2) is 0 Å². The van der Waals surface area contributed by atoms with E-state index >= 15 is 0 Å². The van der Waals surface area contributed by atoms with E-state index in [0.717, 1.165) is 12.0 Å². The van der Waals surface area contributed by atoms with Gasteiger partial charge in [0, 0.05) is 16.6 Å². The fourth-order valence-electron chi connectivity index (χ4n) is 3.15. The van der Waals surface area contributed by atoms with E-state index < -0.39 is 5.60 Å². The number of ether oxygens (including phenoxy) is 1. The van der Waals surface area contributed by atoms with Crippen LogP contribution in [-0.2, 0) is 11.2 Å². The Kier molecular flexibility index (Phi) is 6.07. The molecule has 0 aliphatic carbocycles. The number of hydrogen-bond acceptors (Lipinski definition) is 3. The minimum atomic E-state index is -1.06. The molecule has 0 aromatic heterocycles. The first-order valence-corrected chi connectivity index (χ1v) is 9.32. The first-order chi connectivity index (χ1) is 12.4. The molecule has 1 amide bonds. The predicted molar refractivity (Wildman–Crippen MR) is 103 cm³/mol. The molecule has 1 unspecified atom stereocenters. The number of nitrogens with zero attached hydrogens (tertiary/aromatic N) is 1. The van der Waals surface area contributed by atoms with E-state index in [1.165, 1.54) is 0 Å². The quantitative estimate of drug-likeness (QED) is 0.835. The minimum Gasteiger partial charge on any atom is -0.490 e. The molecule has 0 saturated carbocycles. The highest BCUT2D eigenvalue weighted by Gasteiger charge is 2.36. The maximum absolute atomic E-state index is 12.6. The summed E-state index contributed by atoms with van der Waals surface area (Å²) in [4.78, 5) is 14.3. The molecule has 138 valence electrons. The van der Waals surface area contributed by atoms with Crippen LogP contribution >= 0.6 is 23.2 Å². The van der Waals surface area contributed by atoms with E-state index in [1.54, 1.807) is 41.3 Å². The summed E-state index contributed by atoms with van der Waals surface area (Å²) in [5, 5.41) is 12.0. The Morgan fingerprint density at radius 2 is 1.88 bits per heavy atom. The number of carbonyl (C=O) groups is 1. The molecular formula is C20H21Cl2NO3. The van der Waals surface area contributed by atoms with Gasteiger partial charge in [0.1, 0.15) is 18.0 Å². The van der Waals surface area contributed by atoms with Crippen LogP contribution in [0.4, 0.5) is 0 Å². The van der Waals surface area contributed by atoms with E-state index in [9.17, 15) is 9.90 Å². The summed E-state index contributed by atoms with van der Waals surface area (Å²) in [5.74, 6) is 0.585. The SMILES string of the molecule is O=C(Cc1cccc(Cl)c1)N1CCCC(O)(COc2cccc(Cl)c2)C1. The topological polar surface area (TPSA) is 49.8 Å². The van der Waals surface area contributed by atoms with Gasteiger partial charge in [0.15, 0.2) is 0 Å². The largest absolute Gasteiger partial charge is 0.490 e. The summed E-state index contributed by atoms with van der Waals surface area (Å²) in [5.41, 5.74) is -0.198. The van der Waals surface area contributed by atoms with Gasteiger partial charge in [-0.1, -0.05) is 41.4 Å². The Morgan fingerprint density at radius 1 is 1.15 bits per heavy atom. The summed E-state index contributed by atoms with van der Waals surface area (Å²) in [7, 11) is 0. The van der Waals surface area contributed by atoms with E-state index in [4.69, 9.17) is 27.9 Å². The number of aliphatic hydroxyl groups is 1. The zero-order chi connectivity index (χ0) is 18.6. The van der Waals surface area contributed by atoms with Crippen molar-refractivity contribution in [3.8, 4) is 5.75 Å². The van der Waals surface area contributed by atoms with Crippen LogP contribution in [0, 0.1) is 0 Å². The van der Waals surface area contributed by atoms with Crippen LogP contribution in [0.15, 0.2) is 48.5 Å². The molecule has 26 heavy (non-hydrogen) atoms. The Balaban J connectivity index is 1.59. The molecule has 6 heteroatoms. The number of rotatable bonds is 5. The third kappa shape index (κ3) is 5.13. The van der Waals surface area contributed by atoms with Crippen molar-refractivity contribution in [1.29, 1.82) is 0 Å². The highest BCUT2D eigenvalue weighted by molar-refractivity contribution is 6.30. The highest BCUT2D eigenvalue weighted by atomic mass is 35.5. The van der Waals surface area contributed by atoms with Gasteiger partial charge < -0.3 is 14.7 Å². The van der Waals surface area contributed by atoms with Gasteiger partial charge in [0.2, 0.25) is 5.91 Å². The molecule has 4 nitrogen and oxygen atoms in total. The smallest absolute Gasteiger partial charge is 0.227 e. The second-order valence-electron chi connectivity index (χ2n) is 6.70. The molecule has 1 heterocycles. The van der Waals surface area contributed by atoms with Crippen molar-refractivity contribution in [2.45, 2.75) is 24.9 Å². The number of likely N-dealkylation sites (tertiary alicyclic amines) is 1. The average Bonchev–Trinajstić information content (AvgIpc) is 2.60. The zero-order valence-corrected chi connectivity index (χ0v) is 15.8. The van der Waals surface area contributed by atoms with Crippen molar-refractivity contribution >= 4 is 29.1 Å². The van der Waals surface area contributed by atoms with Crippen LogP contribution < -0.4 is 4.74 Å². The van der Waals surface area contributed by atoms with Crippen molar-refractivity contribution in [3.05, 3.63) is 64.1 Å². The Hall–Kier alpha value is -1.75. The molecule has 1 aliphatic rings. The van der Waals surface area contributed by atoms with Crippen molar-refractivity contribution in [3.63, 3.8) is 0 Å². The maximum atomic E-state index is 12.6. The van der Waals surface area contributed by atoms with Crippen LogP contribution in [0.5, 0.6) is 5.75 Å². The number of benzene rings is 2. The number of piperidine rings is 1. The van der Waals surface area contributed by atoms with Gasteiger partial charge in [-0.3, -0.25) is 4.79 Å². The van der Waals surface area contributed by atoms with Crippen LogP contribution in [0.3, 0.4) is 0 Å². The lowest BCUT2D eigenvalue weighted by molar-refractivity contribution is -0.139. The summed E-state index contributed by atoms with van der Waals surface area (Å²) in [6, 6.07) is 14.3. The first-order valence-electron chi connectivity index (χ1n) is 8.57. The Bertz CT molecular complexity index is 783.